The molecule has 1 amide bonds. The number of hydrogen-bond donors (Lipinski definition) is 1. The second-order valence-electron chi connectivity index (χ2n) is 7.14. The van der Waals surface area contributed by atoms with Crippen LogP contribution in [0.4, 0.5) is 5.69 Å². The molecule has 0 aliphatic carbocycles. The molecule has 0 fully saturated rings. The lowest BCUT2D eigenvalue weighted by molar-refractivity contribution is -0.152. The van der Waals surface area contributed by atoms with Gasteiger partial charge in [0.05, 0.1) is 5.69 Å². The Morgan fingerprint density at radius 3 is 2.65 bits per heavy atom. The van der Waals surface area contributed by atoms with Crippen LogP contribution in [0, 0.1) is 0 Å². The Bertz CT molecular complexity index is 617. The van der Waals surface area contributed by atoms with Crippen molar-refractivity contribution in [3.63, 3.8) is 0 Å². The molecule has 2 N–H and O–H groups in total. The normalized spacial score (nSPS) is 20.4. The number of carbonyl (C=O) groups excluding carboxylic acids is 2. The number of esters is 1. The summed E-state index contributed by atoms with van der Waals surface area (Å²) in [7, 11) is 0. The van der Waals surface area contributed by atoms with Crippen molar-refractivity contribution in [2.45, 2.75) is 83.9 Å². The van der Waals surface area contributed by atoms with Crippen molar-refractivity contribution in [2.75, 3.05) is 4.90 Å². The Morgan fingerprint density at radius 2 is 1.96 bits per heavy atom. The highest BCUT2D eigenvalue weighted by Gasteiger charge is 2.35. The Kier molecular flexibility index (Phi) is 7.64. The predicted octanol–water partition coefficient (Wildman–Crippen LogP) is 4.10. The van der Waals surface area contributed by atoms with E-state index < -0.39 is 6.04 Å². The third-order valence-corrected chi connectivity index (χ3v) is 5.04. The van der Waals surface area contributed by atoms with Crippen LogP contribution < -0.4 is 10.6 Å². The SMILES string of the molecule is CCCCCCC(N)C(=O)OC1CC(C)N(C(=O)CC)c2ccccc21. The van der Waals surface area contributed by atoms with E-state index in [2.05, 4.69) is 6.92 Å². The molecule has 1 aromatic carbocycles. The summed E-state index contributed by atoms with van der Waals surface area (Å²) in [6.45, 7) is 6.01. The molecule has 5 nitrogen and oxygen atoms in total. The van der Waals surface area contributed by atoms with Crippen molar-refractivity contribution in [1.82, 2.24) is 0 Å². The average molecular weight is 360 g/mol. The highest BCUT2D eigenvalue weighted by molar-refractivity contribution is 5.95. The molecule has 1 aromatic rings. The molecule has 1 aliphatic rings. The van der Waals surface area contributed by atoms with E-state index >= 15 is 0 Å². The van der Waals surface area contributed by atoms with Gasteiger partial charge in [0.25, 0.3) is 0 Å². The van der Waals surface area contributed by atoms with Gasteiger partial charge in [-0.15, -0.1) is 0 Å². The molecule has 0 spiro atoms. The first kappa shape index (κ1) is 20.4. The Balaban J connectivity index is 2.07. The van der Waals surface area contributed by atoms with Crippen LogP contribution in [0.15, 0.2) is 24.3 Å². The molecule has 0 radical (unpaired) electrons. The van der Waals surface area contributed by atoms with Gasteiger partial charge in [0.1, 0.15) is 12.1 Å². The van der Waals surface area contributed by atoms with Gasteiger partial charge in [0, 0.05) is 24.4 Å². The van der Waals surface area contributed by atoms with Crippen molar-refractivity contribution in [3.8, 4) is 0 Å². The number of fused-ring (bicyclic) bond motifs is 1. The molecule has 1 aliphatic heterocycles. The summed E-state index contributed by atoms with van der Waals surface area (Å²) in [5, 5.41) is 0. The van der Waals surface area contributed by atoms with Gasteiger partial charge in [0.2, 0.25) is 5.91 Å². The number of ether oxygens (including phenoxy) is 1. The first-order chi connectivity index (χ1) is 12.5. The van der Waals surface area contributed by atoms with E-state index in [1.54, 1.807) is 0 Å². The van der Waals surface area contributed by atoms with Crippen LogP contribution in [0.25, 0.3) is 0 Å². The Morgan fingerprint density at radius 1 is 1.23 bits per heavy atom. The number of nitrogens with zero attached hydrogens (tertiary/aromatic N) is 1. The third kappa shape index (κ3) is 4.85. The van der Waals surface area contributed by atoms with E-state index in [1.165, 1.54) is 0 Å². The van der Waals surface area contributed by atoms with Crippen LogP contribution in [0.3, 0.4) is 0 Å². The number of hydrogen-bond acceptors (Lipinski definition) is 4. The molecule has 0 saturated carbocycles. The van der Waals surface area contributed by atoms with Crippen molar-refractivity contribution >= 4 is 17.6 Å². The summed E-state index contributed by atoms with van der Waals surface area (Å²) in [5.41, 5.74) is 7.76. The lowest BCUT2D eigenvalue weighted by Gasteiger charge is -2.39. The molecule has 0 bridgehead atoms. The molecular weight excluding hydrogens is 328 g/mol. The zero-order valence-electron chi connectivity index (χ0n) is 16.2. The molecule has 26 heavy (non-hydrogen) atoms. The predicted molar refractivity (Wildman–Crippen MR) is 104 cm³/mol. The second kappa shape index (κ2) is 9.72. The quantitative estimate of drug-likeness (QED) is 0.559. The molecule has 0 aromatic heterocycles. The summed E-state index contributed by atoms with van der Waals surface area (Å²) in [6.07, 6.45) is 5.71. The van der Waals surface area contributed by atoms with E-state index in [9.17, 15) is 9.59 Å². The summed E-state index contributed by atoms with van der Waals surface area (Å²) >= 11 is 0. The largest absolute Gasteiger partial charge is 0.456 e. The molecule has 1 heterocycles. The van der Waals surface area contributed by atoms with E-state index in [-0.39, 0.29) is 24.0 Å². The van der Waals surface area contributed by atoms with Crippen molar-refractivity contribution < 1.29 is 14.3 Å². The molecule has 144 valence electrons. The summed E-state index contributed by atoms with van der Waals surface area (Å²) in [6, 6.07) is 7.08. The zero-order chi connectivity index (χ0) is 19.1. The summed E-state index contributed by atoms with van der Waals surface area (Å²) in [5.74, 6) is -0.258. The molecule has 3 unspecified atom stereocenters. The number of benzene rings is 1. The van der Waals surface area contributed by atoms with Gasteiger partial charge in [0.15, 0.2) is 0 Å². The fourth-order valence-electron chi connectivity index (χ4n) is 3.56. The standard InChI is InChI=1S/C21H32N2O3/c1-4-6-7-8-12-17(22)21(25)26-19-14-15(3)23(20(24)5-2)18-13-10-9-11-16(18)19/h9-11,13,15,17,19H,4-8,12,14,22H2,1-3H3. The van der Waals surface area contributed by atoms with E-state index in [4.69, 9.17) is 10.5 Å². The minimum absolute atomic E-state index is 0.0177. The zero-order valence-corrected chi connectivity index (χ0v) is 16.2. The Hall–Kier alpha value is -1.88. The first-order valence-electron chi connectivity index (χ1n) is 9.86. The maximum atomic E-state index is 12.4. The number of para-hydroxylation sites is 1. The molecular formula is C21H32N2O3. The smallest absolute Gasteiger partial charge is 0.323 e. The Labute approximate surface area is 156 Å². The molecule has 0 saturated heterocycles. The lowest BCUT2D eigenvalue weighted by atomic mass is 9.93. The van der Waals surface area contributed by atoms with Crippen LogP contribution >= 0.6 is 0 Å². The third-order valence-electron chi connectivity index (χ3n) is 5.04. The lowest BCUT2D eigenvalue weighted by Crippen LogP contribution is -2.44. The second-order valence-corrected chi connectivity index (χ2v) is 7.14. The van der Waals surface area contributed by atoms with Crippen LogP contribution in [-0.4, -0.2) is 24.0 Å². The summed E-state index contributed by atoms with van der Waals surface area (Å²) < 4.78 is 5.77. The highest BCUT2D eigenvalue weighted by atomic mass is 16.5. The van der Waals surface area contributed by atoms with Crippen molar-refractivity contribution in [1.29, 1.82) is 0 Å². The summed E-state index contributed by atoms with van der Waals surface area (Å²) in [4.78, 5) is 26.6. The molecule has 5 heteroatoms. The molecule has 2 rings (SSSR count). The van der Waals surface area contributed by atoms with Crippen LogP contribution in [0.1, 0.15) is 77.4 Å². The number of anilines is 1. The van der Waals surface area contributed by atoms with Gasteiger partial charge in [-0.2, -0.15) is 0 Å². The number of amides is 1. The van der Waals surface area contributed by atoms with Crippen molar-refractivity contribution in [2.24, 2.45) is 5.73 Å². The van der Waals surface area contributed by atoms with Gasteiger partial charge in [-0.3, -0.25) is 9.59 Å². The minimum Gasteiger partial charge on any atom is -0.456 e. The molecule has 3 atom stereocenters. The average Bonchev–Trinajstić information content (AvgIpc) is 2.64. The van der Waals surface area contributed by atoms with Crippen LogP contribution in [0.5, 0.6) is 0 Å². The maximum Gasteiger partial charge on any atom is 0.323 e. The number of nitrogens with two attached hydrogens (primary N) is 1. The highest BCUT2D eigenvalue weighted by Crippen LogP contribution is 2.39. The topological polar surface area (TPSA) is 72.6 Å². The van der Waals surface area contributed by atoms with Crippen LogP contribution in [-0.2, 0) is 14.3 Å². The van der Waals surface area contributed by atoms with E-state index in [0.717, 1.165) is 36.9 Å². The van der Waals surface area contributed by atoms with E-state index in [0.29, 0.717) is 19.3 Å². The number of unbranched alkanes of at least 4 members (excludes halogenated alkanes) is 3. The van der Waals surface area contributed by atoms with Gasteiger partial charge >= 0.3 is 5.97 Å². The van der Waals surface area contributed by atoms with Crippen LogP contribution in [0.2, 0.25) is 0 Å². The fraction of sp³-hybridized carbons (Fsp3) is 0.619. The number of rotatable bonds is 8. The van der Waals surface area contributed by atoms with E-state index in [1.807, 2.05) is 43.0 Å². The minimum atomic E-state index is -0.579. The van der Waals surface area contributed by atoms with Crippen molar-refractivity contribution in [3.05, 3.63) is 29.8 Å². The monoisotopic (exact) mass is 360 g/mol. The maximum absolute atomic E-state index is 12.4. The van der Waals surface area contributed by atoms with Gasteiger partial charge in [-0.05, 0) is 19.4 Å². The fourth-order valence-corrected chi connectivity index (χ4v) is 3.56. The van der Waals surface area contributed by atoms with Gasteiger partial charge in [-0.25, -0.2) is 0 Å². The first-order valence-corrected chi connectivity index (χ1v) is 9.86. The van der Waals surface area contributed by atoms with Gasteiger partial charge < -0.3 is 15.4 Å². The van der Waals surface area contributed by atoms with Gasteiger partial charge in [-0.1, -0.05) is 57.7 Å². The number of carbonyl (C=O) groups is 2.